The summed E-state index contributed by atoms with van der Waals surface area (Å²) in [4.78, 5) is 0. The van der Waals surface area contributed by atoms with Gasteiger partial charge in [0.1, 0.15) is 0 Å². The molecule has 0 fully saturated rings. The van der Waals surface area contributed by atoms with Crippen LogP contribution in [0.3, 0.4) is 0 Å². The van der Waals surface area contributed by atoms with E-state index in [4.69, 9.17) is 0 Å². The van der Waals surface area contributed by atoms with Gasteiger partial charge in [0.2, 0.25) is 0 Å². The molecule has 2 nitrogen and oxygen atoms in total. The van der Waals surface area contributed by atoms with Gasteiger partial charge in [0.25, 0.3) is 0 Å². The Labute approximate surface area is 601 Å². The predicted molar refractivity (Wildman–Crippen MR) is 440 cm³/mol. The highest BCUT2D eigenvalue weighted by Crippen LogP contribution is 2.48. The Hall–Kier alpha value is -12.6. The van der Waals surface area contributed by atoms with Crippen LogP contribution in [-0.2, 0) is 12.8 Å². The highest BCUT2D eigenvalue weighted by Gasteiger charge is 2.23. The molecule has 1 aliphatic carbocycles. The number of aromatic nitrogens is 2. The van der Waals surface area contributed by atoms with Crippen LogP contribution in [0, 0.1) is 20.8 Å². The molecule has 0 atom stereocenters. The summed E-state index contributed by atoms with van der Waals surface area (Å²) in [6, 6.07) is 128. The molecule has 0 N–H and O–H groups in total. The molecule has 2 heterocycles. The first kappa shape index (κ1) is 61.5. The molecule has 103 heavy (non-hydrogen) atoms. The van der Waals surface area contributed by atoms with Crippen molar-refractivity contribution in [1.29, 1.82) is 0 Å². The summed E-state index contributed by atoms with van der Waals surface area (Å²) in [6.45, 7) is 6.60. The van der Waals surface area contributed by atoms with Crippen LogP contribution in [0.1, 0.15) is 40.7 Å². The fourth-order valence-electron chi connectivity index (χ4n) is 17.6. The Morgan fingerprint density at radius 3 is 0.971 bits per heavy atom. The van der Waals surface area contributed by atoms with Gasteiger partial charge < -0.3 is 9.13 Å². The van der Waals surface area contributed by atoms with Crippen LogP contribution in [0.2, 0.25) is 0 Å². The molecule has 0 amide bonds. The third kappa shape index (κ3) is 10.5. The molecular weight excluding hydrogens is 1240 g/mol. The van der Waals surface area contributed by atoms with Gasteiger partial charge in [-0.15, -0.1) is 0 Å². The molecule has 19 aromatic rings. The Morgan fingerprint density at radius 1 is 0.214 bits per heavy atom. The van der Waals surface area contributed by atoms with Crippen LogP contribution in [0.15, 0.2) is 346 Å². The van der Waals surface area contributed by atoms with Crippen molar-refractivity contribution < 1.29 is 0 Å². The molecule has 2 heteroatoms. The number of fused-ring (bicyclic) bond motifs is 11. The third-order valence-electron chi connectivity index (χ3n) is 22.1. The van der Waals surface area contributed by atoms with E-state index in [1.165, 1.54) is 218 Å². The largest absolute Gasteiger partial charge is 0.309 e. The molecule has 0 saturated carbocycles. The molecule has 17 aromatic carbocycles. The van der Waals surface area contributed by atoms with Crippen molar-refractivity contribution in [3.05, 3.63) is 374 Å². The zero-order valence-corrected chi connectivity index (χ0v) is 58.1. The Balaban J connectivity index is 0.000000143. The zero-order valence-electron chi connectivity index (χ0n) is 58.1. The van der Waals surface area contributed by atoms with Crippen molar-refractivity contribution in [1.82, 2.24) is 9.13 Å². The molecule has 0 aliphatic heterocycles. The number of hydrogen-bond donors (Lipinski definition) is 0. The summed E-state index contributed by atoms with van der Waals surface area (Å²) in [5.41, 5.74) is 32.1. The lowest BCUT2D eigenvalue weighted by molar-refractivity contribution is 0.687. The molecule has 20 rings (SSSR count). The van der Waals surface area contributed by atoms with Gasteiger partial charge in [0.05, 0.1) is 22.1 Å². The molecule has 2 aromatic heterocycles. The van der Waals surface area contributed by atoms with E-state index in [0.717, 1.165) is 5.69 Å². The van der Waals surface area contributed by atoms with E-state index in [9.17, 15) is 0 Å². The first-order valence-electron chi connectivity index (χ1n) is 36.4. The van der Waals surface area contributed by atoms with Crippen molar-refractivity contribution in [3.8, 4) is 89.3 Å². The Kier molecular flexibility index (Phi) is 15.2. The maximum Gasteiger partial charge on any atom is 0.0541 e. The molecule has 0 radical (unpaired) electrons. The van der Waals surface area contributed by atoms with E-state index in [0.29, 0.717) is 0 Å². The summed E-state index contributed by atoms with van der Waals surface area (Å²) >= 11 is 0. The van der Waals surface area contributed by atoms with Gasteiger partial charge in [-0.05, 0) is 250 Å². The lowest BCUT2D eigenvalue weighted by Gasteiger charge is -2.19. The van der Waals surface area contributed by atoms with Crippen molar-refractivity contribution >= 4 is 86.7 Å². The topological polar surface area (TPSA) is 9.86 Å². The van der Waals surface area contributed by atoms with Crippen LogP contribution in [-0.4, -0.2) is 9.13 Å². The highest BCUT2D eigenvalue weighted by atomic mass is 15.0. The SMILES string of the molecule is Cc1cc(C)c(-c2ccc(-c3ccc4c(c3)c3ccccc3n4-c3ccc(-c4c5ccccc5c(-c5ccccc5)c5ccccc45)cc3)cc2)c(C)c1.c1ccc(-c2c3ccccc3c(-c3ccc(-n4c5ccccc5c5cc(-c6cccc7c6CCCC7)ccc54)cc3)c3ccccc23)cc1. The van der Waals surface area contributed by atoms with Crippen LogP contribution in [0.5, 0.6) is 0 Å². The fourth-order valence-corrected chi connectivity index (χ4v) is 17.6. The molecule has 0 unspecified atom stereocenters. The Bertz CT molecular complexity index is 6390. The highest BCUT2D eigenvalue weighted by molar-refractivity contribution is 6.23. The minimum absolute atomic E-state index is 1.15. The number of aryl methyl sites for hydroxylation is 4. The summed E-state index contributed by atoms with van der Waals surface area (Å²) in [5, 5.41) is 15.3. The maximum atomic E-state index is 2.44. The van der Waals surface area contributed by atoms with E-state index >= 15 is 0 Å². The normalized spacial score (nSPS) is 12.3. The van der Waals surface area contributed by atoms with Crippen LogP contribution >= 0.6 is 0 Å². The summed E-state index contributed by atoms with van der Waals surface area (Å²) in [6.07, 6.45) is 4.96. The minimum atomic E-state index is 1.15. The quantitative estimate of drug-likeness (QED) is 0.128. The number of nitrogens with zero attached hydrogens (tertiary/aromatic N) is 2. The molecule has 0 saturated heterocycles. The average Bonchev–Trinajstić information content (AvgIpc) is 1.14. The van der Waals surface area contributed by atoms with E-state index < -0.39 is 0 Å². The van der Waals surface area contributed by atoms with Crippen molar-refractivity contribution in [2.45, 2.75) is 46.5 Å². The van der Waals surface area contributed by atoms with Gasteiger partial charge in [-0.1, -0.05) is 291 Å². The number of para-hydroxylation sites is 2. The van der Waals surface area contributed by atoms with E-state index in [2.05, 4.69) is 376 Å². The van der Waals surface area contributed by atoms with Crippen LogP contribution < -0.4 is 0 Å². The lowest BCUT2D eigenvalue weighted by Crippen LogP contribution is -2.04. The molecular formula is C101H74N2. The molecule has 1 aliphatic rings. The maximum absolute atomic E-state index is 2.44. The number of rotatable bonds is 9. The standard InChI is InChI=1S/C53H39N.C48H35N/c1-34-31-35(2)51(36(3)32-34)39-23-21-37(22-24-39)41-27-30-50-48(33-41)43-15-11-12-20-49(43)54(50)42-28-25-40(26-29-42)53-46-18-9-7-16-44(46)52(38-13-5-4-6-14-38)45-17-8-10-19-47(45)53;1-2-14-33(15-3-1)47-40-19-6-8-21-42(40)48(43-22-9-7-20-41(43)47)34-25-28-36(29-26-34)49-45-24-11-10-18-39(45)44-31-35(27-30-46(44)49)38-23-12-16-32-13-4-5-17-37(32)38/h4-33H,1-3H3;1-3,6-12,14-16,18-31H,4-5,13,17H2. The van der Waals surface area contributed by atoms with Gasteiger partial charge in [0, 0.05) is 32.9 Å². The third-order valence-corrected chi connectivity index (χ3v) is 22.1. The summed E-state index contributed by atoms with van der Waals surface area (Å²) in [5.74, 6) is 0. The van der Waals surface area contributed by atoms with Crippen LogP contribution in [0.25, 0.3) is 176 Å². The Morgan fingerprint density at radius 2 is 0.534 bits per heavy atom. The van der Waals surface area contributed by atoms with Crippen molar-refractivity contribution in [2.75, 3.05) is 0 Å². The van der Waals surface area contributed by atoms with E-state index in [-0.39, 0.29) is 0 Å². The van der Waals surface area contributed by atoms with Crippen LogP contribution in [0.4, 0.5) is 0 Å². The smallest absolute Gasteiger partial charge is 0.0541 e. The van der Waals surface area contributed by atoms with Crippen molar-refractivity contribution in [3.63, 3.8) is 0 Å². The first-order valence-corrected chi connectivity index (χ1v) is 36.4. The number of benzene rings is 17. The van der Waals surface area contributed by atoms with Gasteiger partial charge in [-0.3, -0.25) is 0 Å². The van der Waals surface area contributed by atoms with Gasteiger partial charge in [0.15, 0.2) is 0 Å². The number of hydrogen-bond acceptors (Lipinski definition) is 0. The van der Waals surface area contributed by atoms with E-state index in [1.54, 1.807) is 5.56 Å². The molecule has 488 valence electrons. The minimum Gasteiger partial charge on any atom is -0.309 e. The van der Waals surface area contributed by atoms with E-state index in [1.807, 2.05) is 0 Å². The van der Waals surface area contributed by atoms with Gasteiger partial charge >= 0.3 is 0 Å². The van der Waals surface area contributed by atoms with Gasteiger partial charge in [-0.2, -0.15) is 0 Å². The monoisotopic (exact) mass is 1310 g/mol. The first-order chi connectivity index (χ1) is 50.9. The zero-order chi connectivity index (χ0) is 68.7. The molecule has 0 spiro atoms. The average molecular weight is 1320 g/mol. The summed E-state index contributed by atoms with van der Waals surface area (Å²) in [7, 11) is 0. The second kappa shape index (κ2) is 25.5. The second-order valence-electron chi connectivity index (χ2n) is 28.2. The molecule has 0 bridgehead atoms. The summed E-state index contributed by atoms with van der Waals surface area (Å²) < 4.78 is 4.85. The lowest BCUT2D eigenvalue weighted by atomic mass is 9.86. The van der Waals surface area contributed by atoms with Crippen molar-refractivity contribution in [2.24, 2.45) is 0 Å². The fraction of sp³-hybridized carbons (Fsp3) is 0.0693. The van der Waals surface area contributed by atoms with Gasteiger partial charge in [-0.25, -0.2) is 0 Å². The second-order valence-corrected chi connectivity index (χ2v) is 28.2. The predicted octanol–water partition coefficient (Wildman–Crippen LogP) is 27.7.